The van der Waals surface area contributed by atoms with Crippen molar-refractivity contribution in [1.82, 2.24) is 9.88 Å². The maximum atomic E-state index is 13.3. The molecule has 164 valence electrons. The molecule has 2 atom stereocenters. The third-order valence-corrected chi connectivity index (χ3v) is 6.70. The first-order valence-electron chi connectivity index (χ1n) is 11.0. The number of rotatable bonds is 2. The van der Waals surface area contributed by atoms with Crippen molar-refractivity contribution in [2.45, 2.75) is 52.0 Å². The number of hydrogen-bond donors (Lipinski definition) is 3. The zero-order valence-corrected chi connectivity index (χ0v) is 18.5. The highest BCUT2D eigenvalue weighted by molar-refractivity contribution is 6.39. The molecule has 2 aromatic rings. The predicted molar refractivity (Wildman–Crippen MR) is 123 cm³/mol. The van der Waals surface area contributed by atoms with Crippen molar-refractivity contribution in [2.24, 2.45) is 5.92 Å². The monoisotopic (exact) mass is 421 g/mol. The second kappa shape index (κ2) is 8.21. The zero-order chi connectivity index (χ0) is 22.2. The van der Waals surface area contributed by atoms with Gasteiger partial charge in [0.05, 0.1) is 17.4 Å². The highest BCUT2D eigenvalue weighted by Gasteiger charge is 2.43. The van der Waals surface area contributed by atoms with E-state index >= 15 is 0 Å². The largest absolute Gasteiger partial charge is 0.385 e. The number of hydrogen-bond acceptors (Lipinski definition) is 5. The summed E-state index contributed by atoms with van der Waals surface area (Å²) in [5.74, 6) is -0.418. The molecule has 1 aromatic carbocycles. The second-order valence-electron chi connectivity index (χ2n) is 9.12. The molecule has 4 rings (SSSR count). The normalized spacial score (nSPS) is 22.9. The quantitative estimate of drug-likeness (QED) is 0.645. The number of fused-ring (bicyclic) bond motifs is 1. The zero-order valence-electron chi connectivity index (χ0n) is 18.5. The van der Waals surface area contributed by atoms with E-state index in [0.717, 1.165) is 43.4 Å². The Morgan fingerprint density at radius 1 is 1.32 bits per heavy atom. The van der Waals surface area contributed by atoms with Crippen molar-refractivity contribution in [3.8, 4) is 0 Å². The summed E-state index contributed by atoms with van der Waals surface area (Å²) in [7, 11) is 0. The Morgan fingerprint density at radius 3 is 2.90 bits per heavy atom. The summed E-state index contributed by atoms with van der Waals surface area (Å²) in [6.07, 6.45) is 5.44. The number of likely N-dealkylation sites (tertiary alicyclic amines) is 1. The van der Waals surface area contributed by atoms with Gasteiger partial charge in [-0.05, 0) is 74.3 Å². The van der Waals surface area contributed by atoms with E-state index < -0.39 is 17.4 Å². The lowest BCUT2D eigenvalue weighted by atomic mass is 9.78. The van der Waals surface area contributed by atoms with Gasteiger partial charge in [0.1, 0.15) is 5.82 Å². The Hall–Kier alpha value is -3.09. The first kappa shape index (κ1) is 21.2. The average Bonchev–Trinajstić information content (AvgIpc) is 2.77. The first-order valence-corrected chi connectivity index (χ1v) is 11.0. The predicted octanol–water partition coefficient (Wildman–Crippen LogP) is 3.44. The van der Waals surface area contributed by atoms with Crippen molar-refractivity contribution in [2.75, 3.05) is 29.5 Å². The van der Waals surface area contributed by atoms with E-state index in [1.54, 1.807) is 11.0 Å². The molecule has 0 spiro atoms. The lowest BCUT2D eigenvalue weighted by Crippen LogP contribution is -2.55. The standard InChI is InChI=1S/C24H31N5O2/c1-15-8-9-24(3,18-6-7-20-17(12-18)5-4-10-26-20)29(14-15)23(31)22(30)28-19-11-16(2)21(25)27-13-19/h6-7,11-13,15,26H,4-5,8-10,14H2,1-3H3,(H2,25,27)(H,28,30)/t15-,24-/m0/s1. The minimum atomic E-state index is -0.647. The van der Waals surface area contributed by atoms with E-state index in [2.05, 4.69) is 47.7 Å². The maximum Gasteiger partial charge on any atom is 0.313 e. The van der Waals surface area contributed by atoms with E-state index in [-0.39, 0.29) is 0 Å². The van der Waals surface area contributed by atoms with Crippen molar-refractivity contribution in [1.29, 1.82) is 0 Å². The molecule has 0 bridgehead atoms. The molecule has 7 nitrogen and oxygen atoms in total. The lowest BCUT2D eigenvalue weighted by Gasteiger charge is -2.47. The molecular formula is C24H31N5O2. The van der Waals surface area contributed by atoms with Crippen LogP contribution >= 0.6 is 0 Å². The summed E-state index contributed by atoms with van der Waals surface area (Å²) >= 11 is 0. The van der Waals surface area contributed by atoms with Crippen molar-refractivity contribution in [3.05, 3.63) is 47.2 Å². The van der Waals surface area contributed by atoms with Crippen LogP contribution in [0.5, 0.6) is 0 Å². The maximum absolute atomic E-state index is 13.3. The Balaban J connectivity index is 1.61. The van der Waals surface area contributed by atoms with Crippen LogP contribution in [0.4, 0.5) is 17.2 Å². The van der Waals surface area contributed by atoms with Gasteiger partial charge in [-0.25, -0.2) is 4.98 Å². The summed E-state index contributed by atoms with van der Waals surface area (Å²) < 4.78 is 0. The molecule has 3 heterocycles. The number of nitrogens with two attached hydrogens (primary N) is 1. The minimum Gasteiger partial charge on any atom is -0.385 e. The minimum absolute atomic E-state index is 0.338. The molecule has 7 heteroatoms. The number of aryl methyl sites for hydroxylation is 2. The third kappa shape index (κ3) is 4.09. The van der Waals surface area contributed by atoms with E-state index in [0.29, 0.717) is 24.0 Å². The molecule has 0 radical (unpaired) electrons. The summed E-state index contributed by atoms with van der Waals surface area (Å²) in [4.78, 5) is 32.0. The molecule has 0 unspecified atom stereocenters. The van der Waals surface area contributed by atoms with Gasteiger partial charge in [-0.1, -0.05) is 19.1 Å². The molecule has 2 aliphatic heterocycles. The number of nitrogen functional groups attached to an aromatic ring is 1. The fourth-order valence-corrected chi connectivity index (χ4v) is 4.64. The number of aromatic nitrogens is 1. The van der Waals surface area contributed by atoms with Gasteiger partial charge < -0.3 is 21.3 Å². The number of carbonyl (C=O) groups excluding carboxylic acids is 2. The average molecular weight is 422 g/mol. The van der Waals surface area contributed by atoms with Crippen LogP contribution in [-0.2, 0) is 21.5 Å². The van der Waals surface area contributed by atoms with Gasteiger partial charge in [0.2, 0.25) is 0 Å². The Morgan fingerprint density at radius 2 is 2.13 bits per heavy atom. The topological polar surface area (TPSA) is 100 Å². The summed E-state index contributed by atoms with van der Waals surface area (Å²) in [5, 5.41) is 6.14. The number of amides is 2. The second-order valence-corrected chi connectivity index (χ2v) is 9.12. The number of pyridine rings is 1. The Labute approximate surface area is 183 Å². The van der Waals surface area contributed by atoms with Gasteiger partial charge in [-0.3, -0.25) is 9.59 Å². The van der Waals surface area contributed by atoms with E-state index in [1.165, 1.54) is 17.4 Å². The lowest BCUT2D eigenvalue weighted by molar-refractivity contribution is -0.150. The van der Waals surface area contributed by atoms with Crippen molar-refractivity contribution >= 4 is 29.0 Å². The van der Waals surface area contributed by atoms with Gasteiger partial charge in [0.15, 0.2) is 0 Å². The molecule has 4 N–H and O–H groups in total. The van der Waals surface area contributed by atoms with Crippen LogP contribution < -0.4 is 16.4 Å². The van der Waals surface area contributed by atoms with Crippen LogP contribution in [0.1, 0.15) is 49.8 Å². The molecule has 1 aromatic heterocycles. The molecule has 0 aliphatic carbocycles. The number of anilines is 3. The summed E-state index contributed by atoms with van der Waals surface area (Å²) in [5.41, 5.74) is 10.00. The fraction of sp³-hybridized carbons (Fsp3) is 0.458. The molecule has 1 fully saturated rings. The fourth-order valence-electron chi connectivity index (χ4n) is 4.64. The SMILES string of the molecule is Cc1cc(NC(=O)C(=O)N2C[C@@H](C)CC[C@@]2(C)c2ccc3c(c2)CCCN3)cnc1N. The third-order valence-electron chi connectivity index (χ3n) is 6.70. The molecule has 0 saturated carbocycles. The van der Waals surface area contributed by atoms with Crippen LogP contribution in [0.25, 0.3) is 0 Å². The van der Waals surface area contributed by atoms with E-state index in [9.17, 15) is 9.59 Å². The van der Waals surface area contributed by atoms with Gasteiger partial charge in [0.25, 0.3) is 0 Å². The number of piperidine rings is 1. The van der Waals surface area contributed by atoms with Crippen LogP contribution in [0.3, 0.4) is 0 Å². The summed E-state index contributed by atoms with van der Waals surface area (Å²) in [6, 6.07) is 8.14. The van der Waals surface area contributed by atoms with Crippen molar-refractivity contribution in [3.63, 3.8) is 0 Å². The van der Waals surface area contributed by atoms with Crippen LogP contribution in [0, 0.1) is 12.8 Å². The van der Waals surface area contributed by atoms with Gasteiger partial charge in [-0.15, -0.1) is 0 Å². The Bertz CT molecular complexity index is 1020. The summed E-state index contributed by atoms with van der Waals surface area (Å²) in [6.45, 7) is 7.56. The highest BCUT2D eigenvalue weighted by atomic mass is 16.2. The number of nitrogens with zero attached hydrogens (tertiary/aromatic N) is 2. The van der Waals surface area contributed by atoms with Gasteiger partial charge in [-0.2, -0.15) is 0 Å². The Kier molecular flexibility index (Phi) is 5.60. The van der Waals surface area contributed by atoms with Gasteiger partial charge in [0, 0.05) is 18.8 Å². The number of benzene rings is 1. The van der Waals surface area contributed by atoms with Crippen molar-refractivity contribution < 1.29 is 9.59 Å². The van der Waals surface area contributed by atoms with Crippen LogP contribution in [-0.4, -0.2) is 34.8 Å². The highest BCUT2D eigenvalue weighted by Crippen LogP contribution is 2.41. The molecule has 2 amide bonds. The first-order chi connectivity index (χ1) is 14.8. The van der Waals surface area contributed by atoms with Gasteiger partial charge >= 0.3 is 11.8 Å². The van der Waals surface area contributed by atoms with Crippen LogP contribution in [0.2, 0.25) is 0 Å². The van der Waals surface area contributed by atoms with Crippen LogP contribution in [0.15, 0.2) is 30.5 Å². The molecular weight excluding hydrogens is 390 g/mol. The molecule has 31 heavy (non-hydrogen) atoms. The smallest absolute Gasteiger partial charge is 0.313 e. The van der Waals surface area contributed by atoms with E-state index in [1.807, 2.05) is 6.92 Å². The van der Waals surface area contributed by atoms with E-state index in [4.69, 9.17) is 5.73 Å². The molecule has 1 saturated heterocycles. The molecule has 2 aliphatic rings. The number of nitrogens with one attached hydrogen (secondary N) is 2. The number of carbonyl (C=O) groups is 2.